The average Bonchev–Trinajstić information content (AvgIpc) is 2.29. The van der Waals surface area contributed by atoms with Crippen molar-refractivity contribution in [3.63, 3.8) is 0 Å². The van der Waals surface area contributed by atoms with Crippen LogP contribution in [-0.2, 0) is 11.3 Å². The fraction of sp³-hybridized carbons (Fsp3) is 0.333. The zero-order valence-corrected chi connectivity index (χ0v) is 7.69. The smallest absolute Gasteiger partial charge is 0.328 e. The van der Waals surface area contributed by atoms with Gasteiger partial charge in [0, 0.05) is 11.8 Å². The molecule has 0 saturated carbocycles. The number of aryl methyl sites for hydroxylation is 2. The number of nitrogens with zero attached hydrogens (tertiary/aromatic N) is 2. The average molecular weight is 180 g/mol. The molecule has 0 amide bonds. The maximum absolute atomic E-state index is 10.2. The lowest BCUT2D eigenvalue weighted by Gasteiger charge is -1.97. The normalized spacial score (nSPS) is 10.9. The van der Waals surface area contributed by atoms with Crippen molar-refractivity contribution in [2.45, 2.75) is 20.4 Å². The Bertz CT molecular complexity index is 339. The first kappa shape index (κ1) is 9.51. The van der Waals surface area contributed by atoms with Crippen molar-refractivity contribution in [3.8, 4) is 0 Å². The van der Waals surface area contributed by atoms with Crippen molar-refractivity contribution in [3.05, 3.63) is 29.6 Å². The van der Waals surface area contributed by atoms with E-state index in [9.17, 15) is 4.79 Å². The molecular weight excluding hydrogens is 168 g/mol. The first-order chi connectivity index (χ1) is 6.09. The van der Waals surface area contributed by atoms with Crippen molar-refractivity contribution in [2.24, 2.45) is 0 Å². The van der Waals surface area contributed by atoms with E-state index in [1.165, 1.54) is 0 Å². The molecule has 0 spiro atoms. The Labute approximate surface area is 76.5 Å². The highest BCUT2D eigenvalue weighted by atomic mass is 16.4. The molecule has 0 radical (unpaired) electrons. The summed E-state index contributed by atoms with van der Waals surface area (Å²) in [7, 11) is 0. The number of hydrogen-bond donors (Lipinski definition) is 1. The van der Waals surface area contributed by atoms with E-state index in [1.807, 2.05) is 19.9 Å². The molecular formula is C9H12N2O2. The van der Waals surface area contributed by atoms with Crippen LogP contribution in [0, 0.1) is 13.8 Å². The molecule has 1 N–H and O–H groups in total. The summed E-state index contributed by atoms with van der Waals surface area (Å²) in [6.45, 7) is 4.35. The van der Waals surface area contributed by atoms with Gasteiger partial charge in [-0.3, -0.25) is 4.68 Å². The van der Waals surface area contributed by atoms with Crippen LogP contribution in [0.2, 0.25) is 0 Å². The lowest BCUT2D eigenvalue weighted by atomic mass is 10.4. The van der Waals surface area contributed by atoms with E-state index in [-0.39, 0.29) is 0 Å². The van der Waals surface area contributed by atoms with Gasteiger partial charge in [-0.1, -0.05) is 6.08 Å². The van der Waals surface area contributed by atoms with Gasteiger partial charge in [0.05, 0.1) is 12.2 Å². The molecule has 0 bridgehead atoms. The summed E-state index contributed by atoms with van der Waals surface area (Å²) >= 11 is 0. The summed E-state index contributed by atoms with van der Waals surface area (Å²) in [6, 6.07) is 1.95. The van der Waals surface area contributed by atoms with Gasteiger partial charge < -0.3 is 5.11 Å². The molecule has 0 aliphatic heterocycles. The Hall–Kier alpha value is -1.58. The Morgan fingerprint density at radius 1 is 1.69 bits per heavy atom. The molecule has 1 aromatic rings. The topological polar surface area (TPSA) is 55.1 Å². The molecule has 1 aromatic heterocycles. The SMILES string of the molecule is Cc1cc(C)n(C/C=C/C(=O)O)n1. The van der Waals surface area contributed by atoms with E-state index in [0.29, 0.717) is 6.54 Å². The van der Waals surface area contributed by atoms with Crippen LogP contribution in [0.4, 0.5) is 0 Å². The number of aliphatic carboxylic acids is 1. The molecule has 4 nitrogen and oxygen atoms in total. The van der Waals surface area contributed by atoms with Crippen LogP contribution in [-0.4, -0.2) is 20.9 Å². The van der Waals surface area contributed by atoms with Gasteiger partial charge in [-0.25, -0.2) is 4.79 Å². The molecule has 1 rings (SSSR count). The highest BCUT2D eigenvalue weighted by Gasteiger charge is 1.97. The van der Waals surface area contributed by atoms with Crippen LogP contribution in [0.1, 0.15) is 11.4 Å². The van der Waals surface area contributed by atoms with Crippen molar-refractivity contribution >= 4 is 5.97 Å². The lowest BCUT2D eigenvalue weighted by Crippen LogP contribution is -2.00. The van der Waals surface area contributed by atoms with Gasteiger partial charge >= 0.3 is 5.97 Å². The summed E-state index contributed by atoms with van der Waals surface area (Å²) in [5, 5.41) is 12.5. The van der Waals surface area contributed by atoms with E-state index < -0.39 is 5.97 Å². The van der Waals surface area contributed by atoms with Crippen LogP contribution < -0.4 is 0 Å². The monoisotopic (exact) mass is 180 g/mol. The highest BCUT2D eigenvalue weighted by Crippen LogP contribution is 2.01. The molecule has 0 fully saturated rings. The molecule has 0 aliphatic rings. The summed E-state index contributed by atoms with van der Waals surface area (Å²) in [5.74, 6) is -0.929. The second-order valence-corrected chi connectivity index (χ2v) is 2.85. The van der Waals surface area contributed by atoms with Crippen molar-refractivity contribution in [1.82, 2.24) is 9.78 Å². The van der Waals surface area contributed by atoms with Gasteiger partial charge in [-0.05, 0) is 19.9 Å². The number of carboxylic acids is 1. The summed E-state index contributed by atoms with van der Waals surface area (Å²) in [6.07, 6.45) is 2.69. The second kappa shape index (κ2) is 3.89. The molecule has 0 aromatic carbocycles. The van der Waals surface area contributed by atoms with Crippen LogP contribution in [0.3, 0.4) is 0 Å². The van der Waals surface area contributed by atoms with E-state index in [1.54, 1.807) is 10.8 Å². The molecule has 0 aliphatic carbocycles. The number of carboxylic acid groups (broad SMARTS) is 1. The Morgan fingerprint density at radius 3 is 2.85 bits per heavy atom. The van der Waals surface area contributed by atoms with Gasteiger partial charge in [0.1, 0.15) is 0 Å². The Kier molecular flexibility index (Phi) is 2.84. The molecule has 70 valence electrons. The second-order valence-electron chi connectivity index (χ2n) is 2.85. The van der Waals surface area contributed by atoms with Gasteiger partial charge in [-0.15, -0.1) is 0 Å². The maximum Gasteiger partial charge on any atom is 0.328 e. The standard InChI is InChI=1S/C9H12N2O2/c1-7-6-8(2)11(10-7)5-3-4-9(12)13/h3-4,6H,5H2,1-2H3,(H,12,13)/b4-3+. The molecule has 0 saturated heterocycles. The molecule has 13 heavy (non-hydrogen) atoms. The minimum Gasteiger partial charge on any atom is -0.478 e. The van der Waals surface area contributed by atoms with Gasteiger partial charge in [0.25, 0.3) is 0 Å². The number of hydrogen-bond acceptors (Lipinski definition) is 2. The number of allylic oxidation sites excluding steroid dienone is 1. The molecule has 4 heteroatoms. The minimum absolute atomic E-state index is 0.506. The predicted molar refractivity (Wildman–Crippen MR) is 48.5 cm³/mol. The van der Waals surface area contributed by atoms with Gasteiger partial charge in [0.2, 0.25) is 0 Å². The summed E-state index contributed by atoms with van der Waals surface area (Å²) < 4.78 is 1.76. The zero-order valence-electron chi connectivity index (χ0n) is 7.69. The number of aromatic nitrogens is 2. The predicted octanol–water partition coefficient (Wildman–Crippen LogP) is 1.14. The van der Waals surface area contributed by atoms with Crippen molar-refractivity contribution in [2.75, 3.05) is 0 Å². The zero-order chi connectivity index (χ0) is 9.84. The van der Waals surface area contributed by atoms with Crippen LogP contribution in [0.25, 0.3) is 0 Å². The third kappa shape index (κ3) is 2.74. The first-order valence-corrected chi connectivity index (χ1v) is 4.00. The van der Waals surface area contributed by atoms with Crippen molar-refractivity contribution < 1.29 is 9.90 Å². The fourth-order valence-corrected chi connectivity index (χ4v) is 1.11. The van der Waals surface area contributed by atoms with E-state index in [2.05, 4.69) is 5.10 Å². The number of rotatable bonds is 3. The first-order valence-electron chi connectivity index (χ1n) is 4.00. The van der Waals surface area contributed by atoms with Crippen molar-refractivity contribution in [1.29, 1.82) is 0 Å². The summed E-state index contributed by atoms with van der Waals surface area (Å²) in [5.41, 5.74) is 1.98. The van der Waals surface area contributed by atoms with Gasteiger partial charge in [-0.2, -0.15) is 5.10 Å². The third-order valence-corrected chi connectivity index (χ3v) is 1.64. The van der Waals surface area contributed by atoms with E-state index in [4.69, 9.17) is 5.11 Å². The van der Waals surface area contributed by atoms with Crippen LogP contribution >= 0.6 is 0 Å². The molecule has 1 heterocycles. The Balaban J connectivity index is 2.64. The minimum atomic E-state index is -0.929. The summed E-state index contributed by atoms with van der Waals surface area (Å²) in [4.78, 5) is 10.2. The fourth-order valence-electron chi connectivity index (χ4n) is 1.11. The van der Waals surface area contributed by atoms with Crippen LogP contribution in [0.15, 0.2) is 18.2 Å². The van der Waals surface area contributed by atoms with Crippen LogP contribution in [0.5, 0.6) is 0 Å². The lowest BCUT2D eigenvalue weighted by molar-refractivity contribution is -0.131. The largest absolute Gasteiger partial charge is 0.478 e. The van der Waals surface area contributed by atoms with E-state index >= 15 is 0 Å². The molecule has 0 unspecified atom stereocenters. The quantitative estimate of drug-likeness (QED) is 0.709. The molecule has 0 atom stereocenters. The van der Waals surface area contributed by atoms with E-state index in [0.717, 1.165) is 17.5 Å². The maximum atomic E-state index is 10.2. The third-order valence-electron chi connectivity index (χ3n) is 1.64. The van der Waals surface area contributed by atoms with Gasteiger partial charge in [0.15, 0.2) is 0 Å². The number of carbonyl (C=O) groups is 1. The Morgan fingerprint density at radius 2 is 2.38 bits per heavy atom. The highest BCUT2D eigenvalue weighted by molar-refractivity contribution is 5.79.